The van der Waals surface area contributed by atoms with Crippen LogP contribution < -0.4 is 20.8 Å². The van der Waals surface area contributed by atoms with Crippen LogP contribution in [0.2, 0.25) is 0 Å². The number of halogens is 3. The molecule has 1 aliphatic heterocycles. The van der Waals surface area contributed by atoms with Crippen molar-refractivity contribution < 1.29 is 22.5 Å². The second-order valence-electron chi connectivity index (χ2n) is 9.04. The fourth-order valence-electron chi connectivity index (χ4n) is 4.49. The number of ether oxygens (including phenoxy) is 1. The first kappa shape index (κ1) is 24.5. The quantitative estimate of drug-likeness (QED) is 0.329. The molecule has 5 rings (SSSR count). The number of aromatic nitrogens is 6. The highest BCUT2D eigenvalue weighted by Gasteiger charge is 2.37. The van der Waals surface area contributed by atoms with Gasteiger partial charge in [-0.2, -0.15) is 18.3 Å². The van der Waals surface area contributed by atoms with Crippen LogP contribution in [0.4, 0.5) is 19.1 Å². The summed E-state index contributed by atoms with van der Waals surface area (Å²) in [5, 5.41) is 18.1. The minimum absolute atomic E-state index is 0.00214. The normalized spacial score (nSPS) is 17.1. The van der Waals surface area contributed by atoms with Gasteiger partial charge in [-0.1, -0.05) is 0 Å². The largest absolute Gasteiger partial charge is 0.491 e. The van der Waals surface area contributed by atoms with Gasteiger partial charge in [-0.15, -0.1) is 5.10 Å². The van der Waals surface area contributed by atoms with Crippen LogP contribution >= 0.6 is 7.14 Å². The van der Waals surface area contributed by atoms with Crippen molar-refractivity contribution in [3.8, 4) is 17.1 Å². The number of aromatic amines is 1. The molecule has 0 amide bonds. The van der Waals surface area contributed by atoms with Gasteiger partial charge in [0.25, 0.3) is 0 Å². The van der Waals surface area contributed by atoms with Crippen molar-refractivity contribution in [2.75, 3.05) is 38.3 Å². The summed E-state index contributed by atoms with van der Waals surface area (Å²) in [4.78, 5) is 8.20. The van der Waals surface area contributed by atoms with Crippen molar-refractivity contribution in [2.24, 2.45) is 0 Å². The number of pyridine rings is 1. The number of alkyl halides is 3. The number of nitrogens with one attached hydrogen (secondary N) is 3. The molecule has 1 saturated heterocycles. The highest BCUT2D eigenvalue weighted by atomic mass is 31.2. The molecule has 192 valence electrons. The van der Waals surface area contributed by atoms with E-state index in [1.165, 1.54) is 4.52 Å². The van der Waals surface area contributed by atoms with Crippen LogP contribution in [0.3, 0.4) is 0 Å². The summed E-state index contributed by atoms with van der Waals surface area (Å²) < 4.78 is 62.3. The average molecular weight is 522 g/mol. The molecule has 1 atom stereocenters. The van der Waals surface area contributed by atoms with E-state index >= 15 is 0 Å². The molecule has 3 N–H and O–H groups in total. The topological polar surface area (TPSA) is 122 Å². The minimum Gasteiger partial charge on any atom is -0.491 e. The van der Waals surface area contributed by atoms with Gasteiger partial charge in [0.05, 0.1) is 17.5 Å². The third kappa shape index (κ3) is 4.41. The number of anilines is 1. The first-order chi connectivity index (χ1) is 17.1. The molecule has 4 aromatic rings. The molecule has 0 unspecified atom stereocenters. The van der Waals surface area contributed by atoms with Crippen LogP contribution in [0.25, 0.3) is 27.9 Å². The minimum atomic E-state index is -4.70. The van der Waals surface area contributed by atoms with Gasteiger partial charge in [-0.25, -0.2) is 14.5 Å². The van der Waals surface area contributed by atoms with Gasteiger partial charge < -0.3 is 19.9 Å². The number of rotatable bonds is 6. The molecule has 36 heavy (non-hydrogen) atoms. The zero-order valence-corrected chi connectivity index (χ0v) is 20.9. The van der Waals surface area contributed by atoms with Crippen LogP contribution in [0.15, 0.2) is 18.3 Å². The lowest BCUT2D eigenvalue weighted by Gasteiger charge is -2.24. The van der Waals surface area contributed by atoms with Crippen molar-refractivity contribution in [3.63, 3.8) is 0 Å². The van der Waals surface area contributed by atoms with Gasteiger partial charge in [-0.05, 0) is 51.8 Å². The Bertz CT molecular complexity index is 1470. The van der Waals surface area contributed by atoms with Crippen molar-refractivity contribution >= 4 is 35.1 Å². The molecule has 10 nitrogen and oxygen atoms in total. The average Bonchev–Trinajstić information content (AvgIpc) is 3.37. The molecule has 0 bridgehead atoms. The zero-order chi connectivity index (χ0) is 25.7. The lowest BCUT2D eigenvalue weighted by Crippen LogP contribution is -2.38. The van der Waals surface area contributed by atoms with E-state index in [0.29, 0.717) is 35.2 Å². The smallest absolute Gasteiger partial charge is 0.420 e. The fraction of sp³-hybridized carbons (Fsp3) is 0.455. The zero-order valence-electron chi connectivity index (χ0n) is 20.0. The van der Waals surface area contributed by atoms with Gasteiger partial charge in [0.1, 0.15) is 35.3 Å². The van der Waals surface area contributed by atoms with Gasteiger partial charge in [-0.3, -0.25) is 5.10 Å². The third-order valence-electron chi connectivity index (χ3n) is 6.00. The second kappa shape index (κ2) is 9.04. The van der Waals surface area contributed by atoms with Crippen LogP contribution in [-0.4, -0.2) is 68.8 Å². The van der Waals surface area contributed by atoms with E-state index in [1.807, 2.05) is 6.92 Å². The summed E-state index contributed by atoms with van der Waals surface area (Å²) in [5.41, 5.74) is -0.346. The SMILES string of the molecule is CCOc1ccc2c3c(-c4nc(N[C@H]5CCCNC5)ncc4C(F)(F)F)n[nH]c3nn2c1P(C)(C)=O. The number of H-pyrrole nitrogens is 1. The monoisotopic (exact) mass is 522 g/mol. The molecule has 4 aromatic heterocycles. The van der Waals surface area contributed by atoms with E-state index < -0.39 is 18.9 Å². The lowest BCUT2D eigenvalue weighted by atomic mass is 10.1. The predicted molar refractivity (Wildman–Crippen MR) is 131 cm³/mol. The standard InChI is InChI=1S/C22H26F3N8O2P/c1-4-35-15-8-7-14-16-18(30-31-19(16)32-33(14)20(15)36(2,3)34)17-13(22(23,24)25)11-27-21(29-17)28-12-6-5-9-26-10-12/h7-8,11-12,26H,4-6,9-10H2,1-3H3,(H,31,32)(H,27,28,29)/t12-/m0/s1. The first-order valence-corrected chi connectivity index (χ1v) is 14.2. The van der Waals surface area contributed by atoms with Crippen LogP contribution in [0.1, 0.15) is 25.3 Å². The van der Waals surface area contributed by atoms with Crippen molar-refractivity contribution in [1.82, 2.24) is 35.1 Å². The molecule has 14 heteroatoms. The van der Waals surface area contributed by atoms with Gasteiger partial charge in [0.2, 0.25) is 5.95 Å². The molecule has 1 aliphatic rings. The number of hydrogen-bond acceptors (Lipinski definition) is 8. The molecule has 0 saturated carbocycles. The Kier molecular flexibility index (Phi) is 6.16. The fourth-order valence-corrected chi connectivity index (χ4v) is 5.76. The molecular formula is C22H26F3N8O2P. The highest BCUT2D eigenvalue weighted by molar-refractivity contribution is 7.70. The summed E-state index contributed by atoms with van der Waals surface area (Å²) in [6.45, 7) is 6.90. The maximum atomic E-state index is 14.0. The molecule has 0 aromatic carbocycles. The molecular weight excluding hydrogens is 496 g/mol. The van der Waals surface area contributed by atoms with Crippen LogP contribution in [0.5, 0.6) is 5.75 Å². The van der Waals surface area contributed by atoms with Crippen LogP contribution in [-0.2, 0) is 10.7 Å². The van der Waals surface area contributed by atoms with Gasteiger partial charge in [0.15, 0.2) is 5.65 Å². The highest BCUT2D eigenvalue weighted by Crippen LogP contribution is 2.42. The van der Waals surface area contributed by atoms with Gasteiger partial charge >= 0.3 is 6.18 Å². The van der Waals surface area contributed by atoms with E-state index in [9.17, 15) is 17.7 Å². The summed E-state index contributed by atoms with van der Waals surface area (Å²) in [6.07, 6.45) is -2.13. The number of piperidine rings is 1. The Labute approximate surface area is 204 Å². The molecule has 1 fully saturated rings. The number of nitrogens with zero attached hydrogens (tertiary/aromatic N) is 5. The van der Waals surface area contributed by atoms with Gasteiger partial charge in [0, 0.05) is 18.8 Å². The third-order valence-corrected chi connectivity index (χ3v) is 7.43. The molecule has 0 spiro atoms. The predicted octanol–water partition coefficient (Wildman–Crippen LogP) is 3.50. The molecule has 0 radical (unpaired) electrons. The first-order valence-electron chi connectivity index (χ1n) is 11.6. The summed E-state index contributed by atoms with van der Waals surface area (Å²) in [5.74, 6) is 0.494. The lowest BCUT2D eigenvalue weighted by molar-refractivity contribution is -0.137. The molecule has 0 aliphatic carbocycles. The second-order valence-corrected chi connectivity index (χ2v) is 12.2. The van der Waals surface area contributed by atoms with E-state index in [4.69, 9.17) is 4.74 Å². The Morgan fingerprint density at radius 2 is 2.08 bits per heavy atom. The van der Waals surface area contributed by atoms with E-state index in [-0.39, 0.29) is 29.0 Å². The number of fused-ring (bicyclic) bond motifs is 3. The Morgan fingerprint density at radius 1 is 1.28 bits per heavy atom. The maximum Gasteiger partial charge on any atom is 0.420 e. The Hall–Kier alpha value is -3.18. The van der Waals surface area contributed by atoms with Crippen molar-refractivity contribution in [2.45, 2.75) is 32.0 Å². The Morgan fingerprint density at radius 3 is 2.75 bits per heavy atom. The Balaban J connectivity index is 1.71. The summed E-state index contributed by atoms with van der Waals surface area (Å²) >= 11 is 0. The maximum absolute atomic E-state index is 14.0. The summed E-state index contributed by atoms with van der Waals surface area (Å²) in [7, 11) is -2.89. The van der Waals surface area contributed by atoms with E-state index in [0.717, 1.165) is 25.6 Å². The van der Waals surface area contributed by atoms with E-state index in [2.05, 4.69) is 35.9 Å². The van der Waals surface area contributed by atoms with Crippen molar-refractivity contribution in [3.05, 3.63) is 23.9 Å². The molecule has 5 heterocycles. The van der Waals surface area contributed by atoms with Crippen LogP contribution in [0, 0.1) is 0 Å². The van der Waals surface area contributed by atoms with Crippen molar-refractivity contribution in [1.29, 1.82) is 0 Å². The number of hydrogen-bond donors (Lipinski definition) is 3. The summed E-state index contributed by atoms with van der Waals surface area (Å²) in [6, 6.07) is 3.32. The van der Waals surface area contributed by atoms with E-state index in [1.54, 1.807) is 25.5 Å².